The minimum Gasteiger partial charge on any atom is -0.423 e. The van der Waals surface area contributed by atoms with E-state index in [0.29, 0.717) is 22.6 Å². The summed E-state index contributed by atoms with van der Waals surface area (Å²) in [4.78, 5) is 24.4. The Kier molecular flexibility index (Phi) is 6.36. The molecule has 0 aliphatic heterocycles. The normalized spacial score (nSPS) is 10.8. The molecule has 0 fully saturated rings. The minimum atomic E-state index is -0.612. The maximum absolute atomic E-state index is 13.0. The van der Waals surface area contributed by atoms with E-state index in [1.165, 1.54) is 30.3 Å². The van der Waals surface area contributed by atoms with E-state index in [0.717, 1.165) is 5.56 Å². The molecule has 30 heavy (non-hydrogen) atoms. The van der Waals surface area contributed by atoms with Crippen molar-refractivity contribution in [1.82, 2.24) is 0 Å². The highest BCUT2D eigenvalue weighted by atomic mass is 19.1. The lowest BCUT2D eigenvalue weighted by atomic mass is 10.1. The standard InChI is InChI=1S/C24H17FN2O3/c1-16-2-6-18(7-3-16)24(29)30-22-12-4-17(5-13-22)14-19(15-26)23(28)27-21-10-8-20(25)9-11-21/h2-14H,1H3,(H,27,28)/b19-14+. The molecule has 3 aromatic carbocycles. The summed E-state index contributed by atoms with van der Waals surface area (Å²) in [6, 6.07) is 20.5. The van der Waals surface area contributed by atoms with Crippen LogP contribution in [0.4, 0.5) is 10.1 Å². The van der Waals surface area contributed by atoms with Gasteiger partial charge in [0.2, 0.25) is 0 Å². The fourth-order valence-electron chi connectivity index (χ4n) is 2.53. The second kappa shape index (κ2) is 9.30. The number of carbonyl (C=O) groups excluding carboxylic acids is 2. The summed E-state index contributed by atoms with van der Waals surface area (Å²) >= 11 is 0. The molecule has 0 aromatic heterocycles. The number of amides is 1. The molecule has 1 amide bonds. The van der Waals surface area contributed by atoms with Gasteiger partial charge < -0.3 is 10.1 Å². The van der Waals surface area contributed by atoms with Crippen molar-refractivity contribution in [2.45, 2.75) is 6.92 Å². The van der Waals surface area contributed by atoms with Crippen LogP contribution >= 0.6 is 0 Å². The predicted molar refractivity (Wildman–Crippen MR) is 111 cm³/mol. The van der Waals surface area contributed by atoms with Crippen molar-refractivity contribution in [3.8, 4) is 11.8 Å². The van der Waals surface area contributed by atoms with Gasteiger partial charge in [-0.3, -0.25) is 4.79 Å². The molecular formula is C24H17FN2O3. The molecule has 0 atom stereocenters. The fraction of sp³-hybridized carbons (Fsp3) is 0.0417. The first-order valence-corrected chi connectivity index (χ1v) is 9.02. The molecule has 0 bridgehead atoms. The van der Waals surface area contributed by atoms with Crippen LogP contribution in [-0.2, 0) is 4.79 Å². The van der Waals surface area contributed by atoms with Gasteiger partial charge >= 0.3 is 5.97 Å². The lowest BCUT2D eigenvalue weighted by Crippen LogP contribution is -2.13. The van der Waals surface area contributed by atoms with Crippen molar-refractivity contribution in [3.63, 3.8) is 0 Å². The first kappa shape index (κ1) is 20.5. The number of benzene rings is 3. The van der Waals surface area contributed by atoms with Crippen molar-refractivity contribution in [3.05, 3.63) is 101 Å². The Hall–Kier alpha value is -4.24. The molecule has 0 unspecified atom stereocenters. The van der Waals surface area contributed by atoms with E-state index in [4.69, 9.17) is 4.74 Å². The molecule has 148 valence electrons. The zero-order valence-electron chi connectivity index (χ0n) is 16.1. The molecule has 0 aliphatic rings. The number of nitriles is 1. The minimum absolute atomic E-state index is 0.122. The van der Waals surface area contributed by atoms with Crippen LogP contribution in [0.1, 0.15) is 21.5 Å². The van der Waals surface area contributed by atoms with E-state index in [1.54, 1.807) is 36.4 Å². The molecule has 1 N–H and O–H groups in total. The summed E-state index contributed by atoms with van der Waals surface area (Å²) in [6.45, 7) is 1.93. The first-order valence-electron chi connectivity index (χ1n) is 9.02. The number of anilines is 1. The fourth-order valence-corrected chi connectivity index (χ4v) is 2.53. The van der Waals surface area contributed by atoms with Gasteiger partial charge in [-0.15, -0.1) is 0 Å². The maximum Gasteiger partial charge on any atom is 0.343 e. The van der Waals surface area contributed by atoms with Crippen molar-refractivity contribution in [2.24, 2.45) is 0 Å². The highest BCUT2D eigenvalue weighted by Crippen LogP contribution is 2.17. The summed E-state index contributed by atoms with van der Waals surface area (Å²) in [7, 11) is 0. The van der Waals surface area contributed by atoms with E-state index in [-0.39, 0.29) is 5.57 Å². The number of halogens is 1. The Balaban J connectivity index is 1.67. The predicted octanol–water partition coefficient (Wildman–Crippen LogP) is 4.90. The summed E-state index contributed by atoms with van der Waals surface area (Å²) < 4.78 is 18.3. The molecule has 0 heterocycles. The topological polar surface area (TPSA) is 79.2 Å². The Morgan fingerprint density at radius 2 is 1.60 bits per heavy atom. The second-order valence-electron chi connectivity index (χ2n) is 6.46. The third-order valence-electron chi connectivity index (χ3n) is 4.16. The van der Waals surface area contributed by atoms with Crippen LogP contribution in [-0.4, -0.2) is 11.9 Å². The SMILES string of the molecule is Cc1ccc(C(=O)Oc2ccc(/C=C(\C#N)C(=O)Nc3ccc(F)cc3)cc2)cc1. The molecule has 6 heteroatoms. The molecule has 3 aromatic rings. The Morgan fingerprint density at radius 3 is 2.20 bits per heavy atom. The van der Waals surface area contributed by atoms with Gasteiger partial charge in [0.05, 0.1) is 5.56 Å². The number of ether oxygens (including phenoxy) is 1. The number of nitrogens with zero attached hydrogens (tertiary/aromatic N) is 1. The van der Waals surface area contributed by atoms with Crippen molar-refractivity contribution in [1.29, 1.82) is 5.26 Å². The number of hydrogen-bond acceptors (Lipinski definition) is 4. The zero-order chi connectivity index (χ0) is 21.5. The Labute approximate surface area is 173 Å². The zero-order valence-corrected chi connectivity index (χ0v) is 16.1. The number of nitrogens with one attached hydrogen (secondary N) is 1. The Bertz CT molecular complexity index is 1130. The monoisotopic (exact) mass is 400 g/mol. The number of carbonyl (C=O) groups is 2. The van der Waals surface area contributed by atoms with Gasteiger partial charge in [0.15, 0.2) is 0 Å². The highest BCUT2D eigenvalue weighted by Gasteiger charge is 2.11. The van der Waals surface area contributed by atoms with Crippen molar-refractivity contribution < 1.29 is 18.7 Å². The number of aryl methyl sites for hydroxylation is 1. The molecule has 5 nitrogen and oxygen atoms in total. The van der Waals surface area contributed by atoms with Crippen LogP contribution in [0.3, 0.4) is 0 Å². The lowest BCUT2D eigenvalue weighted by Gasteiger charge is -2.06. The molecule has 0 saturated heterocycles. The first-order chi connectivity index (χ1) is 14.4. The number of hydrogen-bond donors (Lipinski definition) is 1. The van der Waals surface area contributed by atoms with Gasteiger partial charge in [-0.25, -0.2) is 9.18 Å². The van der Waals surface area contributed by atoms with E-state index < -0.39 is 17.7 Å². The van der Waals surface area contributed by atoms with Crippen LogP contribution in [0.25, 0.3) is 6.08 Å². The summed E-state index contributed by atoms with van der Waals surface area (Å²) in [5.41, 5.74) is 2.31. The van der Waals surface area contributed by atoms with Gasteiger partial charge in [0.1, 0.15) is 23.2 Å². The third kappa shape index (κ3) is 5.40. The summed E-state index contributed by atoms with van der Waals surface area (Å²) in [5.74, 6) is -1.17. The van der Waals surface area contributed by atoms with Gasteiger partial charge in [-0.05, 0) is 67.1 Å². The second-order valence-corrected chi connectivity index (χ2v) is 6.46. The average Bonchev–Trinajstić information content (AvgIpc) is 2.75. The quantitative estimate of drug-likeness (QED) is 0.286. The van der Waals surface area contributed by atoms with Gasteiger partial charge in [-0.2, -0.15) is 5.26 Å². The average molecular weight is 400 g/mol. The van der Waals surface area contributed by atoms with E-state index in [2.05, 4.69) is 5.32 Å². The van der Waals surface area contributed by atoms with Crippen molar-refractivity contribution >= 4 is 23.6 Å². The highest BCUT2D eigenvalue weighted by molar-refractivity contribution is 6.09. The molecule has 0 radical (unpaired) electrons. The summed E-state index contributed by atoms with van der Waals surface area (Å²) in [6.07, 6.45) is 1.41. The van der Waals surface area contributed by atoms with Crippen LogP contribution in [0.5, 0.6) is 5.75 Å². The molecule has 0 spiro atoms. The van der Waals surface area contributed by atoms with Gasteiger partial charge in [-0.1, -0.05) is 29.8 Å². The van der Waals surface area contributed by atoms with E-state index >= 15 is 0 Å². The number of esters is 1. The number of rotatable bonds is 5. The Morgan fingerprint density at radius 1 is 0.967 bits per heavy atom. The molecule has 3 rings (SSSR count). The summed E-state index contributed by atoms with van der Waals surface area (Å²) in [5, 5.41) is 11.8. The maximum atomic E-state index is 13.0. The van der Waals surface area contributed by atoms with E-state index in [1.807, 2.05) is 25.1 Å². The van der Waals surface area contributed by atoms with Crippen LogP contribution in [0.2, 0.25) is 0 Å². The lowest BCUT2D eigenvalue weighted by molar-refractivity contribution is -0.112. The van der Waals surface area contributed by atoms with Crippen LogP contribution < -0.4 is 10.1 Å². The van der Waals surface area contributed by atoms with E-state index in [9.17, 15) is 19.2 Å². The van der Waals surface area contributed by atoms with Crippen LogP contribution in [0.15, 0.2) is 78.4 Å². The third-order valence-corrected chi connectivity index (χ3v) is 4.16. The largest absolute Gasteiger partial charge is 0.423 e. The molecular weight excluding hydrogens is 383 g/mol. The smallest absolute Gasteiger partial charge is 0.343 e. The van der Waals surface area contributed by atoms with Gasteiger partial charge in [0, 0.05) is 5.69 Å². The van der Waals surface area contributed by atoms with Crippen molar-refractivity contribution in [2.75, 3.05) is 5.32 Å². The molecule has 0 saturated carbocycles. The van der Waals surface area contributed by atoms with Crippen LogP contribution in [0, 0.1) is 24.1 Å². The molecule has 0 aliphatic carbocycles. The van der Waals surface area contributed by atoms with Gasteiger partial charge in [0.25, 0.3) is 5.91 Å².